The predicted molar refractivity (Wildman–Crippen MR) is 78.7 cm³/mol. The number of benzene rings is 1. The first-order chi connectivity index (χ1) is 9.99. The molecule has 0 saturated heterocycles. The first-order valence-electron chi connectivity index (χ1n) is 6.78. The molecular formula is C15H19ClF3NO2. The highest BCUT2D eigenvalue weighted by atomic mass is 35.5. The second-order valence-electron chi connectivity index (χ2n) is 5.51. The van der Waals surface area contributed by atoms with Crippen molar-refractivity contribution in [1.29, 1.82) is 0 Å². The molecule has 22 heavy (non-hydrogen) atoms. The molecule has 0 saturated carbocycles. The number of rotatable bonds is 5. The number of hydrogen-bond donors (Lipinski definition) is 1. The molecule has 0 aliphatic rings. The number of carbonyl (C=O) groups is 1. The van der Waals surface area contributed by atoms with Gasteiger partial charge in [-0.05, 0) is 44.0 Å². The highest BCUT2D eigenvalue weighted by molar-refractivity contribution is 6.30. The topological polar surface area (TPSA) is 52.3 Å². The van der Waals surface area contributed by atoms with Crippen LogP contribution in [0.25, 0.3) is 0 Å². The lowest BCUT2D eigenvalue weighted by atomic mass is 9.82. The van der Waals surface area contributed by atoms with Gasteiger partial charge in [-0.3, -0.25) is 4.79 Å². The molecule has 0 heterocycles. The van der Waals surface area contributed by atoms with Crippen LogP contribution in [-0.2, 0) is 14.9 Å². The Hall–Kier alpha value is -1.27. The average Bonchev–Trinajstić information content (AvgIpc) is 2.36. The Labute approximate surface area is 132 Å². The molecule has 1 rings (SSSR count). The summed E-state index contributed by atoms with van der Waals surface area (Å²) in [7, 11) is 0. The maximum absolute atomic E-state index is 13.1. The second-order valence-corrected chi connectivity index (χ2v) is 5.95. The molecule has 1 atom stereocenters. The Bertz CT molecular complexity index is 544. The molecule has 0 radical (unpaired) electrons. The summed E-state index contributed by atoms with van der Waals surface area (Å²) < 4.78 is 44.2. The quantitative estimate of drug-likeness (QED) is 0.822. The minimum atomic E-state index is -4.43. The molecule has 0 fully saturated rings. The lowest BCUT2D eigenvalue weighted by molar-refractivity contribution is -0.180. The van der Waals surface area contributed by atoms with E-state index in [9.17, 15) is 18.0 Å². The molecule has 1 aromatic rings. The SMILES string of the molecule is CCOC(=O)C[C@@H](N)c1cc(Cl)cc(C(C)(C)C(F)(F)F)c1. The van der Waals surface area contributed by atoms with Gasteiger partial charge in [0.1, 0.15) is 0 Å². The number of hydrogen-bond acceptors (Lipinski definition) is 3. The van der Waals surface area contributed by atoms with Gasteiger partial charge in [-0.2, -0.15) is 13.2 Å². The van der Waals surface area contributed by atoms with Crippen LogP contribution in [-0.4, -0.2) is 18.8 Å². The van der Waals surface area contributed by atoms with Gasteiger partial charge in [0, 0.05) is 11.1 Å². The number of nitrogens with two attached hydrogens (primary N) is 1. The summed E-state index contributed by atoms with van der Waals surface area (Å²) >= 11 is 5.91. The van der Waals surface area contributed by atoms with Crippen LogP contribution in [0.4, 0.5) is 13.2 Å². The van der Waals surface area contributed by atoms with E-state index in [1.165, 1.54) is 18.2 Å². The Morgan fingerprint density at radius 2 is 1.91 bits per heavy atom. The summed E-state index contributed by atoms with van der Waals surface area (Å²) in [5, 5.41) is 0.143. The van der Waals surface area contributed by atoms with Gasteiger partial charge in [0.15, 0.2) is 0 Å². The van der Waals surface area contributed by atoms with Crippen molar-refractivity contribution in [2.75, 3.05) is 6.61 Å². The summed E-state index contributed by atoms with van der Waals surface area (Å²) in [4.78, 5) is 11.4. The van der Waals surface area contributed by atoms with E-state index in [0.29, 0.717) is 5.56 Å². The first kappa shape index (κ1) is 18.8. The third-order valence-corrected chi connectivity index (χ3v) is 3.69. The van der Waals surface area contributed by atoms with Crippen LogP contribution in [0.2, 0.25) is 5.02 Å². The fraction of sp³-hybridized carbons (Fsp3) is 0.533. The number of halogens is 4. The van der Waals surface area contributed by atoms with Crippen molar-refractivity contribution >= 4 is 17.6 Å². The maximum atomic E-state index is 13.1. The van der Waals surface area contributed by atoms with Crippen molar-refractivity contribution in [2.24, 2.45) is 5.73 Å². The minimum absolute atomic E-state index is 0.00167. The fourth-order valence-electron chi connectivity index (χ4n) is 1.87. The highest BCUT2D eigenvalue weighted by Crippen LogP contribution is 2.41. The van der Waals surface area contributed by atoms with Crippen molar-refractivity contribution < 1.29 is 22.7 Å². The normalized spacial score (nSPS) is 13.8. The van der Waals surface area contributed by atoms with Crippen LogP contribution in [0.5, 0.6) is 0 Å². The van der Waals surface area contributed by atoms with E-state index >= 15 is 0 Å². The van der Waals surface area contributed by atoms with Gasteiger partial charge >= 0.3 is 12.1 Å². The molecule has 0 aliphatic heterocycles. The smallest absolute Gasteiger partial charge is 0.397 e. The molecule has 0 bridgehead atoms. The number of carbonyl (C=O) groups excluding carboxylic acids is 1. The van der Waals surface area contributed by atoms with Crippen molar-refractivity contribution in [2.45, 2.75) is 44.8 Å². The van der Waals surface area contributed by atoms with E-state index in [1.54, 1.807) is 6.92 Å². The lowest BCUT2D eigenvalue weighted by Gasteiger charge is -2.29. The van der Waals surface area contributed by atoms with Crippen LogP contribution in [0, 0.1) is 0 Å². The molecule has 7 heteroatoms. The van der Waals surface area contributed by atoms with Crippen LogP contribution in [0.3, 0.4) is 0 Å². The van der Waals surface area contributed by atoms with Gasteiger partial charge in [0.25, 0.3) is 0 Å². The third-order valence-electron chi connectivity index (χ3n) is 3.47. The Morgan fingerprint density at radius 1 is 1.32 bits per heavy atom. The summed E-state index contributed by atoms with van der Waals surface area (Å²) in [6.45, 7) is 4.01. The average molecular weight is 338 g/mol. The van der Waals surface area contributed by atoms with Gasteiger partial charge in [0.05, 0.1) is 18.4 Å². The number of esters is 1. The largest absolute Gasteiger partial charge is 0.466 e. The number of ether oxygens (including phenoxy) is 1. The van der Waals surface area contributed by atoms with Gasteiger partial charge in [-0.15, -0.1) is 0 Å². The van der Waals surface area contributed by atoms with Gasteiger partial charge in [-0.1, -0.05) is 17.7 Å². The molecule has 0 unspecified atom stereocenters. The number of alkyl halides is 3. The molecule has 3 nitrogen and oxygen atoms in total. The van der Waals surface area contributed by atoms with E-state index in [-0.39, 0.29) is 23.6 Å². The first-order valence-corrected chi connectivity index (χ1v) is 7.15. The Morgan fingerprint density at radius 3 is 2.41 bits per heavy atom. The molecule has 0 amide bonds. The van der Waals surface area contributed by atoms with E-state index in [0.717, 1.165) is 13.8 Å². The predicted octanol–water partition coefficient (Wildman–Crippen LogP) is 4.13. The van der Waals surface area contributed by atoms with Crippen molar-refractivity contribution in [3.8, 4) is 0 Å². The second kappa shape index (κ2) is 6.87. The standard InChI is InChI=1S/C15H19ClF3NO2/c1-4-22-13(21)8-12(20)9-5-10(7-11(16)6-9)14(2,3)15(17,18)19/h5-7,12H,4,8,20H2,1-3H3/t12-/m1/s1. The highest BCUT2D eigenvalue weighted by Gasteiger charge is 2.48. The molecule has 0 spiro atoms. The molecule has 0 aliphatic carbocycles. The Kier molecular flexibility index (Phi) is 5.87. The van der Waals surface area contributed by atoms with Crippen LogP contribution in [0.1, 0.15) is 44.4 Å². The molecule has 2 N–H and O–H groups in total. The summed E-state index contributed by atoms with van der Waals surface area (Å²) in [6, 6.07) is 3.28. The van der Waals surface area contributed by atoms with Gasteiger partial charge < -0.3 is 10.5 Å². The fourth-order valence-corrected chi connectivity index (χ4v) is 2.11. The summed E-state index contributed by atoms with van der Waals surface area (Å²) in [5.41, 5.74) is 4.17. The van der Waals surface area contributed by atoms with Crippen LogP contribution in [0.15, 0.2) is 18.2 Å². The molecule has 0 aromatic heterocycles. The third kappa shape index (κ3) is 4.36. The lowest BCUT2D eigenvalue weighted by Crippen LogP contribution is -2.36. The minimum Gasteiger partial charge on any atom is -0.466 e. The van der Waals surface area contributed by atoms with Crippen molar-refractivity contribution in [3.63, 3.8) is 0 Å². The zero-order valence-electron chi connectivity index (χ0n) is 12.6. The van der Waals surface area contributed by atoms with E-state index in [1.807, 2.05) is 0 Å². The summed E-state index contributed by atoms with van der Waals surface area (Å²) in [5.74, 6) is -0.508. The van der Waals surface area contributed by atoms with Crippen molar-refractivity contribution in [1.82, 2.24) is 0 Å². The Balaban J connectivity index is 3.12. The van der Waals surface area contributed by atoms with Gasteiger partial charge in [0.2, 0.25) is 0 Å². The van der Waals surface area contributed by atoms with Crippen molar-refractivity contribution in [3.05, 3.63) is 34.3 Å². The zero-order chi connectivity index (χ0) is 17.1. The van der Waals surface area contributed by atoms with E-state index < -0.39 is 23.6 Å². The summed E-state index contributed by atoms with van der Waals surface area (Å²) in [6.07, 6.45) is -4.56. The van der Waals surface area contributed by atoms with Gasteiger partial charge in [-0.25, -0.2) is 0 Å². The van der Waals surface area contributed by atoms with Crippen LogP contribution < -0.4 is 5.73 Å². The molecular weight excluding hydrogens is 319 g/mol. The maximum Gasteiger partial charge on any atom is 0.397 e. The molecule has 1 aromatic carbocycles. The van der Waals surface area contributed by atoms with E-state index in [4.69, 9.17) is 22.1 Å². The van der Waals surface area contributed by atoms with E-state index in [2.05, 4.69) is 0 Å². The zero-order valence-corrected chi connectivity index (χ0v) is 13.4. The van der Waals surface area contributed by atoms with Crippen LogP contribution >= 0.6 is 11.6 Å². The molecule has 124 valence electrons. The monoisotopic (exact) mass is 337 g/mol.